The molecule has 2 aromatic carbocycles. The van der Waals surface area contributed by atoms with Crippen molar-refractivity contribution in [2.75, 3.05) is 4.90 Å². The molecule has 0 fully saturated rings. The van der Waals surface area contributed by atoms with E-state index in [1.54, 1.807) is 12.1 Å². The van der Waals surface area contributed by atoms with Crippen LogP contribution in [0.2, 0.25) is 0 Å². The smallest absolute Gasteiger partial charge is 0.266 e. The SMILES string of the molecule is Cc1ccc(C)c2c1C(=O)N(c1cccc(O)c1)C2=O. The first-order valence-corrected chi connectivity index (χ1v) is 6.28. The second-order valence-electron chi connectivity index (χ2n) is 4.91. The molecule has 0 saturated heterocycles. The Balaban J connectivity index is 2.20. The van der Waals surface area contributed by atoms with Crippen molar-refractivity contribution < 1.29 is 14.7 Å². The van der Waals surface area contributed by atoms with Crippen molar-refractivity contribution in [2.45, 2.75) is 13.8 Å². The van der Waals surface area contributed by atoms with E-state index < -0.39 is 0 Å². The molecule has 20 heavy (non-hydrogen) atoms. The van der Waals surface area contributed by atoms with Crippen molar-refractivity contribution in [3.63, 3.8) is 0 Å². The summed E-state index contributed by atoms with van der Waals surface area (Å²) in [5, 5.41) is 9.52. The summed E-state index contributed by atoms with van der Waals surface area (Å²) in [4.78, 5) is 26.1. The van der Waals surface area contributed by atoms with Crippen LogP contribution in [0.15, 0.2) is 36.4 Å². The van der Waals surface area contributed by atoms with Gasteiger partial charge in [-0.1, -0.05) is 18.2 Å². The molecule has 4 heteroatoms. The number of aryl methyl sites for hydroxylation is 2. The molecule has 0 radical (unpaired) electrons. The number of phenols is 1. The fourth-order valence-corrected chi connectivity index (χ4v) is 2.54. The Hall–Kier alpha value is -2.62. The van der Waals surface area contributed by atoms with Gasteiger partial charge in [0.25, 0.3) is 11.8 Å². The molecule has 0 aromatic heterocycles. The number of carbonyl (C=O) groups excluding carboxylic acids is 2. The van der Waals surface area contributed by atoms with Crippen LogP contribution in [0.5, 0.6) is 5.75 Å². The van der Waals surface area contributed by atoms with Crippen molar-refractivity contribution in [2.24, 2.45) is 0 Å². The summed E-state index contributed by atoms with van der Waals surface area (Å²) >= 11 is 0. The molecule has 3 rings (SSSR count). The maximum absolute atomic E-state index is 12.5. The van der Waals surface area contributed by atoms with Crippen molar-refractivity contribution in [1.29, 1.82) is 0 Å². The standard InChI is InChI=1S/C16H13NO3/c1-9-6-7-10(2)14-13(9)15(19)17(16(14)20)11-4-3-5-12(18)8-11/h3-8,18H,1-2H3. The van der Waals surface area contributed by atoms with Crippen LogP contribution in [-0.4, -0.2) is 16.9 Å². The molecule has 1 N–H and O–H groups in total. The summed E-state index contributed by atoms with van der Waals surface area (Å²) in [7, 11) is 0. The second-order valence-corrected chi connectivity index (χ2v) is 4.91. The van der Waals surface area contributed by atoms with E-state index >= 15 is 0 Å². The molecule has 0 atom stereocenters. The Labute approximate surface area is 116 Å². The highest BCUT2D eigenvalue weighted by molar-refractivity contribution is 6.35. The molecule has 2 aromatic rings. The molecule has 0 aliphatic carbocycles. The monoisotopic (exact) mass is 267 g/mol. The first kappa shape index (κ1) is 12.4. The predicted octanol–water partition coefficient (Wildman–Crippen LogP) is 2.81. The van der Waals surface area contributed by atoms with Crippen molar-refractivity contribution in [3.05, 3.63) is 58.7 Å². The number of hydrogen-bond acceptors (Lipinski definition) is 3. The van der Waals surface area contributed by atoms with Gasteiger partial charge in [0.1, 0.15) is 5.75 Å². The van der Waals surface area contributed by atoms with Gasteiger partial charge in [-0.2, -0.15) is 0 Å². The number of fused-ring (bicyclic) bond motifs is 1. The van der Waals surface area contributed by atoms with E-state index in [9.17, 15) is 14.7 Å². The molecule has 2 amide bonds. The maximum Gasteiger partial charge on any atom is 0.266 e. The quantitative estimate of drug-likeness (QED) is 0.808. The first-order valence-electron chi connectivity index (χ1n) is 6.28. The zero-order chi connectivity index (χ0) is 14.4. The van der Waals surface area contributed by atoms with Crippen LogP contribution < -0.4 is 4.90 Å². The van der Waals surface area contributed by atoms with Crippen LogP contribution in [0.4, 0.5) is 5.69 Å². The third-order valence-corrected chi connectivity index (χ3v) is 3.54. The molecule has 1 aliphatic heterocycles. The zero-order valence-electron chi connectivity index (χ0n) is 11.2. The Morgan fingerprint density at radius 2 is 1.45 bits per heavy atom. The van der Waals surface area contributed by atoms with E-state index in [4.69, 9.17) is 0 Å². The van der Waals surface area contributed by atoms with E-state index in [1.807, 2.05) is 26.0 Å². The molecule has 4 nitrogen and oxygen atoms in total. The van der Waals surface area contributed by atoms with Gasteiger partial charge >= 0.3 is 0 Å². The van der Waals surface area contributed by atoms with Crippen LogP contribution in [0.25, 0.3) is 0 Å². The molecule has 0 bridgehead atoms. The van der Waals surface area contributed by atoms with Crippen LogP contribution >= 0.6 is 0 Å². The number of nitrogens with zero attached hydrogens (tertiary/aromatic N) is 1. The lowest BCUT2D eigenvalue weighted by atomic mass is 9.99. The molecule has 1 aliphatic rings. The Kier molecular flexibility index (Phi) is 2.61. The Morgan fingerprint density at radius 1 is 0.900 bits per heavy atom. The maximum atomic E-state index is 12.5. The number of aromatic hydroxyl groups is 1. The molecule has 100 valence electrons. The topological polar surface area (TPSA) is 57.6 Å². The fraction of sp³-hybridized carbons (Fsp3) is 0.125. The van der Waals surface area contributed by atoms with Crippen molar-refractivity contribution in [1.82, 2.24) is 0 Å². The van der Waals surface area contributed by atoms with Gasteiger partial charge in [-0.15, -0.1) is 0 Å². The fourth-order valence-electron chi connectivity index (χ4n) is 2.54. The highest BCUT2D eigenvalue weighted by Gasteiger charge is 2.38. The highest BCUT2D eigenvalue weighted by Crippen LogP contribution is 2.33. The number of anilines is 1. The van der Waals surface area contributed by atoms with Gasteiger partial charge in [-0.25, -0.2) is 4.90 Å². The summed E-state index contributed by atoms with van der Waals surface area (Å²) < 4.78 is 0. The molecule has 0 saturated carbocycles. The van der Waals surface area contributed by atoms with Crippen molar-refractivity contribution in [3.8, 4) is 5.75 Å². The Bertz CT molecular complexity index is 708. The van der Waals surface area contributed by atoms with Crippen LogP contribution in [0.1, 0.15) is 31.8 Å². The molecular formula is C16H13NO3. The minimum Gasteiger partial charge on any atom is -0.508 e. The normalized spacial score (nSPS) is 13.8. The van der Waals surface area contributed by atoms with E-state index in [0.717, 1.165) is 16.0 Å². The van der Waals surface area contributed by atoms with Gasteiger partial charge in [0, 0.05) is 6.07 Å². The van der Waals surface area contributed by atoms with E-state index in [1.165, 1.54) is 12.1 Å². The number of imide groups is 1. The minimum atomic E-state index is -0.336. The number of carbonyl (C=O) groups is 2. The summed E-state index contributed by atoms with van der Waals surface area (Å²) in [5.74, 6) is -0.652. The molecule has 0 spiro atoms. The lowest BCUT2D eigenvalue weighted by Crippen LogP contribution is -2.29. The number of benzene rings is 2. The third-order valence-electron chi connectivity index (χ3n) is 3.54. The van der Waals surface area contributed by atoms with Gasteiger partial charge in [-0.3, -0.25) is 9.59 Å². The zero-order valence-corrected chi connectivity index (χ0v) is 11.2. The van der Waals surface area contributed by atoms with Gasteiger partial charge in [0.2, 0.25) is 0 Å². The second kappa shape index (κ2) is 4.20. The predicted molar refractivity (Wildman–Crippen MR) is 75.2 cm³/mol. The molecule has 0 unspecified atom stereocenters. The summed E-state index contributed by atoms with van der Waals surface area (Å²) in [6.07, 6.45) is 0. The third kappa shape index (κ3) is 1.61. The lowest BCUT2D eigenvalue weighted by molar-refractivity contribution is 0.0926. The van der Waals surface area contributed by atoms with Gasteiger partial charge < -0.3 is 5.11 Å². The van der Waals surface area contributed by atoms with Gasteiger partial charge in [-0.05, 0) is 37.1 Å². The number of phenolic OH excluding ortho intramolecular Hbond substituents is 1. The van der Waals surface area contributed by atoms with Crippen LogP contribution in [0, 0.1) is 13.8 Å². The van der Waals surface area contributed by atoms with Crippen molar-refractivity contribution >= 4 is 17.5 Å². The largest absolute Gasteiger partial charge is 0.508 e. The van der Waals surface area contributed by atoms with E-state index in [-0.39, 0.29) is 17.6 Å². The van der Waals surface area contributed by atoms with Crippen LogP contribution in [0.3, 0.4) is 0 Å². The molecular weight excluding hydrogens is 254 g/mol. The summed E-state index contributed by atoms with van der Waals surface area (Å²) in [6.45, 7) is 3.63. The van der Waals surface area contributed by atoms with E-state index in [0.29, 0.717) is 16.8 Å². The Morgan fingerprint density at radius 3 is 1.95 bits per heavy atom. The van der Waals surface area contributed by atoms with Gasteiger partial charge in [0.05, 0.1) is 16.8 Å². The first-order chi connectivity index (χ1) is 9.50. The minimum absolute atomic E-state index is 0.0208. The number of hydrogen-bond donors (Lipinski definition) is 1. The number of rotatable bonds is 1. The lowest BCUT2D eigenvalue weighted by Gasteiger charge is -2.14. The highest BCUT2D eigenvalue weighted by atomic mass is 16.3. The number of amides is 2. The van der Waals surface area contributed by atoms with Crippen LogP contribution in [-0.2, 0) is 0 Å². The van der Waals surface area contributed by atoms with E-state index in [2.05, 4.69) is 0 Å². The summed E-state index contributed by atoms with van der Waals surface area (Å²) in [5.41, 5.74) is 2.87. The van der Waals surface area contributed by atoms with Gasteiger partial charge in [0.15, 0.2) is 0 Å². The average Bonchev–Trinajstić information content (AvgIpc) is 2.67. The summed E-state index contributed by atoms with van der Waals surface area (Å²) in [6, 6.07) is 9.82. The molecule has 1 heterocycles. The average molecular weight is 267 g/mol.